The second-order valence-electron chi connectivity index (χ2n) is 7.33. The van der Waals surface area contributed by atoms with E-state index in [1.165, 1.54) is 5.56 Å². The summed E-state index contributed by atoms with van der Waals surface area (Å²) in [5, 5.41) is 2.24. The fraction of sp³-hybridized carbons (Fsp3) is 0.0769. The number of rotatable bonds is 5. The molecule has 1 aromatic heterocycles. The normalized spacial score (nSPS) is 11.2. The average Bonchev–Trinajstić information content (AvgIpc) is 3.11. The molecule has 0 fully saturated rings. The molecule has 0 N–H and O–H groups in total. The van der Waals surface area contributed by atoms with Gasteiger partial charge in [-0.25, -0.2) is 9.13 Å². The molecule has 0 radical (unpaired) electrons. The highest BCUT2D eigenvalue weighted by Crippen LogP contribution is 2.18. The number of Topliss-reactive ketones (excluding diaryl/α,β-unsaturated/α-hetero) is 1. The minimum atomic E-state index is 0.114. The first-order valence-electron chi connectivity index (χ1n) is 9.81. The van der Waals surface area contributed by atoms with Crippen LogP contribution in [-0.2, 0) is 13.1 Å². The van der Waals surface area contributed by atoms with Gasteiger partial charge in [0.05, 0.1) is 0 Å². The summed E-state index contributed by atoms with van der Waals surface area (Å²) in [6.45, 7) is 1.10. The summed E-state index contributed by atoms with van der Waals surface area (Å²) in [6, 6.07) is 32.7. The summed E-state index contributed by atoms with van der Waals surface area (Å²) in [5.41, 5.74) is 4.18. The predicted octanol–water partition coefficient (Wildman–Crippen LogP) is 5.01. The number of imidazole rings is 1. The first-order valence-corrected chi connectivity index (χ1v) is 9.81. The Labute approximate surface area is 169 Å². The van der Waals surface area contributed by atoms with Gasteiger partial charge in [-0.15, -0.1) is 0 Å². The predicted molar refractivity (Wildman–Crippen MR) is 116 cm³/mol. The highest BCUT2D eigenvalue weighted by atomic mass is 16.1. The summed E-state index contributed by atoms with van der Waals surface area (Å²) >= 11 is 0. The molecule has 140 valence electrons. The number of nitrogens with zero attached hydrogens (tertiary/aromatic N) is 2. The van der Waals surface area contributed by atoms with Crippen LogP contribution in [0.4, 0.5) is 0 Å². The molecular weight excluding hydrogens is 356 g/mol. The van der Waals surface area contributed by atoms with E-state index in [0.717, 1.165) is 33.9 Å². The van der Waals surface area contributed by atoms with Gasteiger partial charge in [0.15, 0.2) is 17.6 Å². The number of fused-ring (bicyclic) bond motifs is 2. The van der Waals surface area contributed by atoms with Crippen LogP contribution in [0.5, 0.6) is 0 Å². The zero-order valence-electron chi connectivity index (χ0n) is 16.0. The van der Waals surface area contributed by atoms with Crippen LogP contribution < -0.4 is 4.57 Å². The van der Waals surface area contributed by atoms with Crippen molar-refractivity contribution in [2.24, 2.45) is 0 Å². The van der Waals surface area contributed by atoms with E-state index in [0.29, 0.717) is 6.54 Å². The standard InChI is InChI=1S/C26H21N2O/c29-26(23-15-14-21-10-4-5-11-22(21)16-23)18-28-19-27(17-20-8-2-1-3-9-20)24-12-6-7-13-25(24)28/h1-16,19H,17-18H2/q+1. The van der Waals surface area contributed by atoms with Crippen LogP contribution in [0.1, 0.15) is 15.9 Å². The molecule has 0 aliphatic carbocycles. The van der Waals surface area contributed by atoms with Crippen LogP contribution in [-0.4, -0.2) is 10.4 Å². The topological polar surface area (TPSA) is 25.9 Å². The molecule has 5 rings (SSSR count). The largest absolute Gasteiger partial charge is 0.290 e. The van der Waals surface area contributed by atoms with Crippen LogP contribution in [0.15, 0.2) is 103 Å². The van der Waals surface area contributed by atoms with E-state index in [4.69, 9.17) is 0 Å². The number of carbonyl (C=O) groups is 1. The minimum Gasteiger partial charge on any atom is -0.290 e. The maximum absolute atomic E-state index is 13.0. The zero-order valence-corrected chi connectivity index (χ0v) is 16.0. The lowest BCUT2D eigenvalue weighted by Crippen LogP contribution is -2.33. The highest BCUT2D eigenvalue weighted by Gasteiger charge is 2.19. The molecule has 0 atom stereocenters. The molecule has 3 nitrogen and oxygen atoms in total. The highest BCUT2D eigenvalue weighted by molar-refractivity contribution is 6.00. The van der Waals surface area contributed by atoms with Gasteiger partial charge in [0.1, 0.15) is 6.54 Å². The van der Waals surface area contributed by atoms with Gasteiger partial charge in [-0.05, 0) is 34.5 Å². The molecule has 1 heterocycles. The average molecular weight is 377 g/mol. The van der Waals surface area contributed by atoms with Gasteiger partial charge in [-0.3, -0.25) is 4.79 Å². The van der Waals surface area contributed by atoms with Crippen molar-refractivity contribution in [1.82, 2.24) is 4.57 Å². The first-order chi connectivity index (χ1) is 14.3. The second-order valence-corrected chi connectivity index (χ2v) is 7.33. The van der Waals surface area contributed by atoms with E-state index < -0.39 is 0 Å². The number of hydrogen-bond acceptors (Lipinski definition) is 1. The van der Waals surface area contributed by atoms with Crippen molar-refractivity contribution in [2.75, 3.05) is 0 Å². The third kappa shape index (κ3) is 3.43. The lowest BCUT2D eigenvalue weighted by atomic mass is 10.0. The SMILES string of the molecule is O=C(Cn1c[n+](Cc2ccccc2)c2ccccc21)c1ccc2ccccc2c1. The Bertz CT molecular complexity index is 1320. The van der Waals surface area contributed by atoms with E-state index in [-0.39, 0.29) is 5.78 Å². The number of hydrogen-bond donors (Lipinski definition) is 0. The number of para-hydroxylation sites is 2. The third-order valence-corrected chi connectivity index (χ3v) is 5.36. The zero-order chi connectivity index (χ0) is 19.6. The van der Waals surface area contributed by atoms with Gasteiger partial charge in [0, 0.05) is 5.56 Å². The molecule has 0 spiro atoms. The lowest BCUT2D eigenvalue weighted by Gasteiger charge is -2.02. The van der Waals surface area contributed by atoms with Crippen molar-refractivity contribution in [3.8, 4) is 0 Å². The fourth-order valence-electron chi connectivity index (χ4n) is 3.88. The Balaban J connectivity index is 1.48. The molecular formula is C26H21N2O+. The maximum Gasteiger partial charge on any atom is 0.245 e. The summed E-state index contributed by atoms with van der Waals surface area (Å²) in [6.07, 6.45) is 2.05. The van der Waals surface area contributed by atoms with Crippen LogP contribution in [0.25, 0.3) is 21.8 Å². The molecule has 3 heteroatoms. The van der Waals surface area contributed by atoms with Crippen molar-refractivity contribution in [2.45, 2.75) is 13.1 Å². The van der Waals surface area contributed by atoms with Gasteiger partial charge in [0.2, 0.25) is 12.1 Å². The Kier molecular flexibility index (Phi) is 4.41. The Morgan fingerprint density at radius 1 is 0.759 bits per heavy atom. The van der Waals surface area contributed by atoms with Gasteiger partial charge in [-0.1, -0.05) is 78.9 Å². The van der Waals surface area contributed by atoms with E-state index >= 15 is 0 Å². The molecule has 29 heavy (non-hydrogen) atoms. The summed E-state index contributed by atoms with van der Waals surface area (Å²) < 4.78 is 4.26. The maximum atomic E-state index is 13.0. The van der Waals surface area contributed by atoms with Gasteiger partial charge < -0.3 is 0 Å². The quantitative estimate of drug-likeness (QED) is 0.312. The summed E-state index contributed by atoms with van der Waals surface area (Å²) in [4.78, 5) is 13.0. The van der Waals surface area contributed by atoms with E-state index in [2.05, 4.69) is 57.9 Å². The Morgan fingerprint density at radius 3 is 2.34 bits per heavy atom. The Morgan fingerprint density at radius 2 is 1.48 bits per heavy atom. The monoisotopic (exact) mass is 377 g/mol. The van der Waals surface area contributed by atoms with E-state index in [9.17, 15) is 4.79 Å². The first kappa shape index (κ1) is 17.4. The molecule has 0 saturated carbocycles. The molecule has 0 amide bonds. The number of carbonyl (C=O) groups excluding carboxylic acids is 1. The van der Waals surface area contributed by atoms with Crippen molar-refractivity contribution in [1.29, 1.82) is 0 Å². The number of ketones is 1. The van der Waals surface area contributed by atoms with Crippen LogP contribution >= 0.6 is 0 Å². The number of benzene rings is 4. The minimum absolute atomic E-state index is 0.114. The number of aromatic nitrogens is 2. The molecule has 0 aliphatic heterocycles. The van der Waals surface area contributed by atoms with Gasteiger partial charge in [-0.2, -0.15) is 0 Å². The van der Waals surface area contributed by atoms with E-state index in [1.807, 2.05) is 54.6 Å². The van der Waals surface area contributed by atoms with Gasteiger partial charge >= 0.3 is 0 Å². The molecule has 0 aliphatic rings. The molecule has 0 saturated heterocycles. The lowest BCUT2D eigenvalue weighted by molar-refractivity contribution is -0.663. The van der Waals surface area contributed by atoms with Crippen LogP contribution in [0, 0.1) is 0 Å². The van der Waals surface area contributed by atoms with E-state index in [1.54, 1.807) is 0 Å². The summed E-state index contributed by atoms with van der Waals surface area (Å²) in [5.74, 6) is 0.114. The van der Waals surface area contributed by atoms with Crippen molar-refractivity contribution in [3.05, 3.63) is 115 Å². The Hall–Kier alpha value is -3.72. The van der Waals surface area contributed by atoms with Crippen molar-refractivity contribution in [3.63, 3.8) is 0 Å². The second kappa shape index (κ2) is 7.36. The molecule has 0 bridgehead atoms. The van der Waals surface area contributed by atoms with Gasteiger partial charge in [0.25, 0.3) is 0 Å². The van der Waals surface area contributed by atoms with Crippen molar-refractivity contribution >= 4 is 27.6 Å². The van der Waals surface area contributed by atoms with Crippen LogP contribution in [0.3, 0.4) is 0 Å². The molecule has 5 aromatic rings. The summed E-state index contributed by atoms with van der Waals surface area (Å²) in [7, 11) is 0. The molecule has 4 aromatic carbocycles. The smallest absolute Gasteiger partial charge is 0.245 e. The van der Waals surface area contributed by atoms with Crippen LogP contribution in [0.2, 0.25) is 0 Å². The fourth-order valence-corrected chi connectivity index (χ4v) is 3.88. The van der Waals surface area contributed by atoms with Crippen molar-refractivity contribution < 1.29 is 9.36 Å². The third-order valence-electron chi connectivity index (χ3n) is 5.36. The molecule has 0 unspecified atom stereocenters.